The maximum Gasteiger partial charge on any atom is 0.188 e. The second kappa shape index (κ2) is 4.44. The van der Waals surface area contributed by atoms with Gasteiger partial charge in [0.1, 0.15) is 5.69 Å². The summed E-state index contributed by atoms with van der Waals surface area (Å²) in [5.41, 5.74) is 0.659. The van der Waals surface area contributed by atoms with E-state index in [2.05, 4.69) is 8.75 Å². The van der Waals surface area contributed by atoms with Crippen molar-refractivity contribution in [2.45, 2.75) is 6.42 Å². The maximum absolute atomic E-state index is 12.9. The van der Waals surface area contributed by atoms with Crippen LogP contribution in [0.3, 0.4) is 0 Å². The quantitative estimate of drug-likeness (QED) is 0.773. The number of carbonyl (C=O) groups is 1. The first kappa shape index (κ1) is 10.8. The number of aromatic nitrogens is 2. The minimum Gasteiger partial charge on any atom is -0.292 e. The molecule has 2 aromatic rings. The number of ketones is 1. The molecule has 0 unspecified atom stereocenters. The van der Waals surface area contributed by atoms with E-state index in [4.69, 9.17) is 0 Å². The third kappa shape index (κ3) is 2.27. The highest BCUT2D eigenvalue weighted by molar-refractivity contribution is 6.99. The molecule has 0 aliphatic rings. The molecule has 0 atom stereocenters. The van der Waals surface area contributed by atoms with Gasteiger partial charge in [0.15, 0.2) is 17.4 Å². The third-order valence-corrected chi connectivity index (χ3v) is 2.47. The van der Waals surface area contributed by atoms with Crippen LogP contribution in [0.25, 0.3) is 0 Å². The highest BCUT2D eigenvalue weighted by atomic mass is 32.1. The van der Waals surface area contributed by atoms with E-state index in [-0.39, 0.29) is 17.9 Å². The van der Waals surface area contributed by atoms with Crippen molar-refractivity contribution in [1.29, 1.82) is 0 Å². The van der Waals surface area contributed by atoms with Gasteiger partial charge in [-0.05, 0) is 17.7 Å². The zero-order chi connectivity index (χ0) is 11.5. The Labute approximate surface area is 94.1 Å². The molecule has 0 spiro atoms. The predicted molar refractivity (Wildman–Crippen MR) is 54.3 cm³/mol. The highest BCUT2D eigenvalue weighted by Gasteiger charge is 2.11. The van der Waals surface area contributed by atoms with Crippen molar-refractivity contribution in [1.82, 2.24) is 8.75 Å². The third-order valence-electron chi connectivity index (χ3n) is 2.00. The van der Waals surface area contributed by atoms with Crippen LogP contribution in [0.2, 0.25) is 0 Å². The summed E-state index contributed by atoms with van der Waals surface area (Å²) in [5, 5.41) is 0. The van der Waals surface area contributed by atoms with E-state index in [0.717, 1.165) is 23.9 Å². The first-order chi connectivity index (χ1) is 7.66. The van der Waals surface area contributed by atoms with Gasteiger partial charge in [-0.2, -0.15) is 8.75 Å². The summed E-state index contributed by atoms with van der Waals surface area (Å²) in [7, 11) is 0. The van der Waals surface area contributed by atoms with Crippen LogP contribution in [0.5, 0.6) is 0 Å². The Bertz CT molecular complexity index is 514. The molecular formula is C10H6F2N2OS. The fraction of sp³-hybridized carbons (Fsp3) is 0.100. The lowest BCUT2D eigenvalue weighted by atomic mass is 10.1. The van der Waals surface area contributed by atoms with Gasteiger partial charge in [0.05, 0.1) is 17.9 Å². The highest BCUT2D eigenvalue weighted by Crippen LogP contribution is 2.11. The topological polar surface area (TPSA) is 42.9 Å². The molecule has 0 saturated carbocycles. The summed E-state index contributed by atoms with van der Waals surface area (Å²) in [6, 6.07) is 3.38. The van der Waals surface area contributed by atoms with E-state index in [1.807, 2.05) is 0 Å². The van der Waals surface area contributed by atoms with Crippen LogP contribution in [0, 0.1) is 11.6 Å². The predicted octanol–water partition coefficient (Wildman–Crippen LogP) is 2.24. The van der Waals surface area contributed by atoms with Crippen molar-refractivity contribution in [2.75, 3.05) is 0 Å². The Morgan fingerprint density at radius 3 is 2.75 bits per heavy atom. The largest absolute Gasteiger partial charge is 0.292 e. The van der Waals surface area contributed by atoms with Gasteiger partial charge in [0.2, 0.25) is 0 Å². The zero-order valence-corrected chi connectivity index (χ0v) is 8.80. The fourth-order valence-corrected chi connectivity index (χ4v) is 1.64. The number of hydrogen-bond donors (Lipinski definition) is 0. The molecule has 1 aromatic heterocycles. The van der Waals surface area contributed by atoms with E-state index >= 15 is 0 Å². The standard InChI is InChI=1S/C10H6F2N2OS/c11-7-2-1-6(3-8(7)12)4-10(15)9-5-13-16-14-9/h1-3,5H,4H2. The molecule has 0 N–H and O–H groups in total. The number of nitrogens with zero attached hydrogens (tertiary/aromatic N) is 2. The van der Waals surface area contributed by atoms with E-state index < -0.39 is 11.6 Å². The molecule has 0 aliphatic heterocycles. The number of Topliss-reactive ketones (excluding diaryl/α,β-unsaturated/α-hetero) is 1. The summed E-state index contributed by atoms with van der Waals surface area (Å²) in [6.07, 6.45) is 1.34. The fourth-order valence-electron chi connectivity index (χ4n) is 1.21. The van der Waals surface area contributed by atoms with E-state index in [0.29, 0.717) is 5.56 Å². The van der Waals surface area contributed by atoms with Crippen LogP contribution in [-0.2, 0) is 6.42 Å². The van der Waals surface area contributed by atoms with Gasteiger partial charge < -0.3 is 0 Å². The molecule has 3 nitrogen and oxygen atoms in total. The Morgan fingerprint density at radius 2 is 2.12 bits per heavy atom. The molecule has 0 fully saturated rings. The second-order valence-electron chi connectivity index (χ2n) is 3.14. The van der Waals surface area contributed by atoms with Crippen molar-refractivity contribution in [3.05, 3.63) is 47.3 Å². The molecule has 1 heterocycles. The van der Waals surface area contributed by atoms with Crippen LogP contribution >= 0.6 is 11.7 Å². The number of rotatable bonds is 3. The minimum atomic E-state index is -0.957. The van der Waals surface area contributed by atoms with Crippen molar-refractivity contribution < 1.29 is 13.6 Å². The van der Waals surface area contributed by atoms with Gasteiger partial charge in [-0.15, -0.1) is 0 Å². The molecule has 0 amide bonds. The molecule has 1 aromatic carbocycles. The monoisotopic (exact) mass is 240 g/mol. The second-order valence-corrected chi connectivity index (χ2v) is 3.70. The van der Waals surface area contributed by atoms with Crippen LogP contribution < -0.4 is 0 Å². The summed E-state index contributed by atoms with van der Waals surface area (Å²) in [5.74, 6) is -2.15. The summed E-state index contributed by atoms with van der Waals surface area (Å²) in [6.45, 7) is 0. The van der Waals surface area contributed by atoms with E-state index in [9.17, 15) is 13.6 Å². The number of halogens is 2. The lowest BCUT2D eigenvalue weighted by molar-refractivity contribution is 0.0989. The molecular weight excluding hydrogens is 234 g/mol. The van der Waals surface area contributed by atoms with Crippen molar-refractivity contribution in [2.24, 2.45) is 0 Å². The molecule has 0 aliphatic carbocycles. The first-order valence-electron chi connectivity index (χ1n) is 4.41. The van der Waals surface area contributed by atoms with Crippen LogP contribution in [0.1, 0.15) is 16.1 Å². The van der Waals surface area contributed by atoms with Gasteiger partial charge in [0, 0.05) is 6.42 Å². The normalized spacial score (nSPS) is 10.4. The zero-order valence-electron chi connectivity index (χ0n) is 7.98. The lowest BCUT2D eigenvalue weighted by Crippen LogP contribution is -2.04. The number of benzene rings is 1. The number of carbonyl (C=O) groups excluding carboxylic acids is 1. The first-order valence-corrected chi connectivity index (χ1v) is 5.14. The van der Waals surface area contributed by atoms with Gasteiger partial charge in [0.25, 0.3) is 0 Å². The van der Waals surface area contributed by atoms with Crippen molar-refractivity contribution in [3.63, 3.8) is 0 Å². The molecule has 2 rings (SSSR count). The SMILES string of the molecule is O=C(Cc1ccc(F)c(F)c1)c1cnsn1. The Balaban J connectivity index is 2.15. The van der Waals surface area contributed by atoms with Crippen LogP contribution in [-0.4, -0.2) is 14.5 Å². The molecule has 0 bridgehead atoms. The van der Waals surface area contributed by atoms with Crippen molar-refractivity contribution >= 4 is 17.5 Å². The van der Waals surface area contributed by atoms with E-state index in [1.54, 1.807) is 0 Å². The Kier molecular flexibility index (Phi) is 3.00. The average molecular weight is 240 g/mol. The van der Waals surface area contributed by atoms with Crippen LogP contribution in [0.15, 0.2) is 24.4 Å². The molecule has 16 heavy (non-hydrogen) atoms. The minimum absolute atomic E-state index is 0.0113. The van der Waals surface area contributed by atoms with Gasteiger partial charge >= 0.3 is 0 Å². The van der Waals surface area contributed by atoms with Crippen LogP contribution in [0.4, 0.5) is 8.78 Å². The van der Waals surface area contributed by atoms with Gasteiger partial charge in [-0.1, -0.05) is 6.07 Å². The van der Waals surface area contributed by atoms with Gasteiger partial charge in [-0.25, -0.2) is 8.78 Å². The molecule has 0 radical (unpaired) electrons. The molecule has 82 valence electrons. The average Bonchev–Trinajstić information content (AvgIpc) is 2.77. The lowest BCUT2D eigenvalue weighted by Gasteiger charge is -1.99. The van der Waals surface area contributed by atoms with E-state index in [1.165, 1.54) is 12.3 Å². The van der Waals surface area contributed by atoms with Gasteiger partial charge in [-0.3, -0.25) is 4.79 Å². The molecule has 6 heteroatoms. The molecule has 0 saturated heterocycles. The smallest absolute Gasteiger partial charge is 0.188 e. The summed E-state index contributed by atoms with van der Waals surface area (Å²) < 4.78 is 32.9. The Morgan fingerprint density at radius 1 is 1.31 bits per heavy atom. The number of hydrogen-bond acceptors (Lipinski definition) is 4. The maximum atomic E-state index is 12.9. The summed E-state index contributed by atoms with van der Waals surface area (Å²) >= 11 is 0.929. The van der Waals surface area contributed by atoms with Crippen molar-refractivity contribution in [3.8, 4) is 0 Å². The summed E-state index contributed by atoms with van der Waals surface area (Å²) in [4.78, 5) is 11.6. The Hall–Kier alpha value is -1.69.